The molecule has 1 aromatic heterocycles. The van der Waals surface area contributed by atoms with E-state index in [1.165, 1.54) is 25.5 Å². The minimum atomic E-state index is -0.649. The molecule has 116 valence electrons. The quantitative estimate of drug-likeness (QED) is 0.862. The molecule has 2 N–H and O–H groups in total. The van der Waals surface area contributed by atoms with Gasteiger partial charge in [0.1, 0.15) is 5.56 Å². The van der Waals surface area contributed by atoms with Crippen molar-refractivity contribution in [2.45, 2.75) is 39.2 Å². The van der Waals surface area contributed by atoms with E-state index in [2.05, 4.69) is 11.8 Å². The maximum Gasteiger partial charge on any atom is 0.263 e. The lowest BCUT2D eigenvalue weighted by atomic mass is 9.96. The zero-order valence-electron chi connectivity index (χ0n) is 12.8. The number of carbonyl (C=O) groups excluding carboxylic acids is 1. The lowest BCUT2D eigenvalue weighted by molar-refractivity contribution is 0.0998. The Balaban J connectivity index is 1.93. The first-order valence-electron chi connectivity index (χ1n) is 7.83. The van der Waals surface area contributed by atoms with Gasteiger partial charge >= 0.3 is 0 Å². The normalized spacial score (nSPS) is 17.0. The predicted molar refractivity (Wildman–Crippen MR) is 83.3 cm³/mol. The van der Waals surface area contributed by atoms with E-state index in [1.807, 2.05) is 0 Å². The summed E-state index contributed by atoms with van der Waals surface area (Å²) in [6, 6.07) is 3.21. The fraction of sp³-hybridized carbons (Fsp3) is 0.625. The minimum absolute atomic E-state index is 0.0814. The summed E-state index contributed by atoms with van der Waals surface area (Å²) >= 11 is 0. The molecule has 5 heteroatoms. The van der Waals surface area contributed by atoms with E-state index >= 15 is 0 Å². The number of nitrogens with zero attached hydrogens (tertiary/aromatic N) is 2. The Morgan fingerprint density at radius 2 is 2.10 bits per heavy atom. The largest absolute Gasteiger partial charge is 0.365 e. The van der Waals surface area contributed by atoms with Crippen LogP contribution in [0.15, 0.2) is 23.1 Å². The van der Waals surface area contributed by atoms with Gasteiger partial charge in [-0.05, 0) is 56.9 Å². The highest BCUT2D eigenvalue weighted by molar-refractivity contribution is 5.92. The van der Waals surface area contributed by atoms with Gasteiger partial charge < -0.3 is 15.2 Å². The Hall–Kier alpha value is -1.62. The third-order valence-electron chi connectivity index (χ3n) is 4.28. The van der Waals surface area contributed by atoms with Gasteiger partial charge in [0.25, 0.3) is 11.5 Å². The van der Waals surface area contributed by atoms with E-state index in [9.17, 15) is 9.59 Å². The van der Waals surface area contributed by atoms with Crippen molar-refractivity contribution in [2.75, 3.05) is 19.6 Å². The van der Waals surface area contributed by atoms with Gasteiger partial charge in [0, 0.05) is 12.7 Å². The van der Waals surface area contributed by atoms with Crippen molar-refractivity contribution in [3.05, 3.63) is 34.2 Å². The highest BCUT2D eigenvalue weighted by atomic mass is 16.2. The van der Waals surface area contributed by atoms with Gasteiger partial charge in [0.2, 0.25) is 0 Å². The van der Waals surface area contributed by atoms with Crippen molar-refractivity contribution in [3.63, 3.8) is 0 Å². The second-order valence-corrected chi connectivity index (χ2v) is 5.88. The van der Waals surface area contributed by atoms with Crippen LogP contribution in [0.2, 0.25) is 0 Å². The first-order chi connectivity index (χ1) is 10.1. The lowest BCUT2D eigenvalue weighted by Crippen LogP contribution is -2.37. The van der Waals surface area contributed by atoms with Crippen LogP contribution in [0.5, 0.6) is 0 Å². The van der Waals surface area contributed by atoms with Crippen LogP contribution >= 0.6 is 0 Å². The fourth-order valence-electron chi connectivity index (χ4n) is 2.92. The fourth-order valence-corrected chi connectivity index (χ4v) is 2.92. The zero-order chi connectivity index (χ0) is 15.2. The molecule has 1 saturated heterocycles. The van der Waals surface area contributed by atoms with Crippen LogP contribution in [-0.2, 0) is 6.54 Å². The molecule has 0 spiro atoms. The van der Waals surface area contributed by atoms with Crippen LogP contribution in [0.4, 0.5) is 0 Å². The summed E-state index contributed by atoms with van der Waals surface area (Å²) in [4.78, 5) is 25.9. The van der Waals surface area contributed by atoms with E-state index in [1.54, 1.807) is 16.8 Å². The number of primary amides is 1. The molecule has 0 unspecified atom stereocenters. The van der Waals surface area contributed by atoms with Gasteiger partial charge in [-0.2, -0.15) is 0 Å². The Bertz CT molecular complexity index is 531. The molecule has 2 rings (SSSR count). The van der Waals surface area contributed by atoms with E-state index in [4.69, 9.17) is 5.73 Å². The number of pyridine rings is 1. The first kappa shape index (κ1) is 15.8. The number of unbranched alkanes of at least 4 members (excludes halogenated alkanes) is 1. The molecule has 2 heterocycles. The Kier molecular flexibility index (Phi) is 5.56. The minimum Gasteiger partial charge on any atom is -0.365 e. The molecule has 1 aliphatic rings. The van der Waals surface area contributed by atoms with Crippen molar-refractivity contribution < 1.29 is 4.79 Å². The average molecular weight is 291 g/mol. The number of likely N-dealkylation sites (tertiary alicyclic amines) is 1. The molecule has 0 saturated carbocycles. The number of aromatic nitrogens is 1. The highest BCUT2D eigenvalue weighted by Gasteiger charge is 2.20. The molecule has 0 atom stereocenters. The van der Waals surface area contributed by atoms with E-state index in [0.29, 0.717) is 12.5 Å². The maximum atomic E-state index is 12.1. The number of amides is 1. The number of hydrogen-bond acceptors (Lipinski definition) is 3. The van der Waals surface area contributed by atoms with Crippen molar-refractivity contribution in [1.82, 2.24) is 9.47 Å². The molecule has 0 aromatic carbocycles. The molecule has 21 heavy (non-hydrogen) atoms. The van der Waals surface area contributed by atoms with E-state index in [-0.39, 0.29) is 11.1 Å². The highest BCUT2D eigenvalue weighted by Crippen LogP contribution is 2.18. The van der Waals surface area contributed by atoms with Gasteiger partial charge in [-0.15, -0.1) is 0 Å². The molecule has 0 radical (unpaired) electrons. The van der Waals surface area contributed by atoms with Crippen molar-refractivity contribution in [1.29, 1.82) is 0 Å². The topological polar surface area (TPSA) is 68.3 Å². The standard InChI is InChI=1S/C16H25N3O2/c1-2-3-8-18-10-6-13(7-11-18)12-19-9-4-5-14(15(17)20)16(19)21/h4-5,9,13H,2-3,6-8,10-12H2,1H3,(H2,17,20). The first-order valence-corrected chi connectivity index (χ1v) is 7.83. The van der Waals surface area contributed by atoms with Crippen LogP contribution in [0.25, 0.3) is 0 Å². The number of carbonyl (C=O) groups is 1. The number of rotatable bonds is 6. The Morgan fingerprint density at radius 3 is 2.71 bits per heavy atom. The van der Waals surface area contributed by atoms with Gasteiger partial charge in [-0.3, -0.25) is 9.59 Å². The van der Waals surface area contributed by atoms with Gasteiger partial charge in [-0.25, -0.2) is 0 Å². The van der Waals surface area contributed by atoms with Crippen molar-refractivity contribution in [2.24, 2.45) is 11.7 Å². The van der Waals surface area contributed by atoms with E-state index in [0.717, 1.165) is 25.9 Å². The molecule has 1 aromatic rings. The van der Waals surface area contributed by atoms with Gasteiger partial charge in [-0.1, -0.05) is 13.3 Å². The monoisotopic (exact) mass is 291 g/mol. The maximum absolute atomic E-state index is 12.1. The van der Waals surface area contributed by atoms with Gasteiger partial charge in [0.15, 0.2) is 0 Å². The predicted octanol–water partition coefficient (Wildman–Crippen LogP) is 1.46. The van der Waals surface area contributed by atoms with Crippen molar-refractivity contribution >= 4 is 5.91 Å². The lowest BCUT2D eigenvalue weighted by Gasteiger charge is -2.32. The Morgan fingerprint density at radius 1 is 1.38 bits per heavy atom. The van der Waals surface area contributed by atoms with Crippen LogP contribution in [0.3, 0.4) is 0 Å². The molecule has 5 nitrogen and oxygen atoms in total. The molecule has 0 bridgehead atoms. The smallest absolute Gasteiger partial charge is 0.263 e. The summed E-state index contributed by atoms with van der Waals surface area (Å²) in [6.07, 6.45) is 6.45. The molecular formula is C16H25N3O2. The van der Waals surface area contributed by atoms with Crippen LogP contribution in [0.1, 0.15) is 43.0 Å². The van der Waals surface area contributed by atoms with Gasteiger partial charge in [0.05, 0.1) is 0 Å². The summed E-state index contributed by atoms with van der Waals surface area (Å²) in [7, 11) is 0. The SMILES string of the molecule is CCCCN1CCC(Cn2cccc(C(N)=O)c2=O)CC1. The summed E-state index contributed by atoms with van der Waals surface area (Å²) in [5, 5.41) is 0. The molecular weight excluding hydrogens is 266 g/mol. The summed E-state index contributed by atoms with van der Waals surface area (Å²) in [5.74, 6) is -0.146. The number of piperidine rings is 1. The second-order valence-electron chi connectivity index (χ2n) is 5.88. The molecule has 1 aliphatic heterocycles. The average Bonchev–Trinajstić information content (AvgIpc) is 2.48. The van der Waals surface area contributed by atoms with E-state index < -0.39 is 5.91 Å². The summed E-state index contributed by atoms with van der Waals surface area (Å²) in [6.45, 7) is 6.29. The summed E-state index contributed by atoms with van der Waals surface area (Å²) in [5.41, 5.74) is 5.04. The van der Waals surface area contributed by atoms with Crippen LogP contribution < -0.4 is 11.3 Å². The van der Waals surface area contributed by atoms with Crippen molar-refractivity contribution in [3.8, 4) is 0 Å². The Labute approximate surface area is 125 Å². The van der Waals surface area contributed by atoms with Crippen LogP contribution in [0, 0.1) is 5.92 Å². The number of nitrogens with two attached hydrogens (primary N) is 1. The third kappa shape index (κ3) is 4.17. The summed E-state index contributed by atoms with van der Waals surface area (Å²) < 4.78 is 1.63. The molecule has 0 aliphatic carbocycles. The van der Waals surface area contributed by atoms with Crippen LogP contribution in [-0.4, -0.2) is 35.0 Å². The number of hydrogen-bond donors (Lipinski definition) is 1. The molecule has 1 amide bonds. The molecule has 1 fully saturated rings. The third-order valence-corrected chi connectivity index (χ3v) is 4.28. The zero-order valence-corrected chi connectivity index (χ0v) is 12.8. The second kappa shape index (κ2) is 7.41.